The lowest BCUT2D eigenvalue weighted by Gasteiger charge is -2.19. The van der Waals surface area contributed by atoms with E-state index in [4.69, 9.17) is 16.7 Å². The molecule has 0 radical (unpaired) electrons. The van der Waals surface area contributed by atoms with Gasteiger partial charge in [0.25, 0.3) is 0 Å². The summed E-state index contributed by atoms with van der Waals surface area (Å²) in [4.78, 5) is 16.9. The molecule has 98 valence electrons. The summed E-state index contributed by atoms with van der Waals surface area (Å²) in [7, 11) is 1.92. The summed E-state index contributed by atoms with van der Waals surface area (Å²) in [5.74, 6) is -1.02. The Morgan fingerprint density at radius 2 is 2.21 bits per heavy atom. The third-order valence-electron chi connectivity index (χ3n) is 2.77. The lowest BCUT2D eigenvalue weighted by Crippen LogP contribution is -2.16. The topological polar surface area (TPSA) is 53.4 Å². The quantitative estimate of drug-likeness (QED) is 0.932. The number of hydrogen-bond donors (Lipinski definition) is 1. The number of benzene rings is 1. The van der Waals surface area contributed by atoms with Crippen molar-refractivity contribution in [2.75, 3.05) is 11.9 Å². The first-order chi connectivity index (χ1) is 9.08. The monoisotopic (exact) mass is 276 g/mol. The maximum atomic E-state index is 10.9. The second kappa shape index (κ2) is 5.71. The summed E-state index contributed by atoms with van der Waals surface area (Å²) >= 11 is 5.95. The molecule has 0 spiro atoms. The highest BCUT2D eigenvalue weighted by Gasteiger charge is 2.10. The number of anilines is 1. The van der Waals surface area contributed by atoms with E-state index < -0.39 is 5.97 Å². The van der Waals surface area contributed by atoms with E-state index in [9.17, 15) is 4.79 Å². The Labute approximate surface area is 116 Å². The van der Waals surface area contributed by atoms with Crippen molar-refractivity contribution in [2.45, 2.75) is 6.54 Å². The number of hydrogen-bond acceptors (Lipinski definition) is 3. The third kappa shape index (κ3) is 3.23. The van der Waals surface area contributed by atoms with E-state index in [2.05, 4.69) is 4.98 Å². The Morgan fingerprint density at radius 3 is 2.79 bits per heavy atom. The van der Waals surface area contributed by atoms with Gasteiger partial charge in [0.1, 0.15) is 0 Å². The van der Waals surface area contributed by atoms with Crippen LogP contribution in [-0.2, 0) is 6.54 Å². The van der Waals surface area contributed by atoms with Gasteiger partial charge < -0.3 is 10.0 Å². The van der Waals surface area contributed by atoms with Crippen molar-refractivity contribution in [1.29, 1.82) is 0 Å². The fraction of sp³-hybridized carbons (Fsp3) is 0.143. The van der Waals surface area contributed by atoms with Gasteiger partial charge in [0, 0.05) is 31.7 Å². The zero-order valence-corrected chi connectivity index (χ0v) is 11.1. The number of nitrogens with zero attached hydrogens (tertiary/aromatic N) is 2. The Morgan fingerprint density at radius 1 is 1.42 bits per heavy atom. The van der Waals surface area contributed by atoms with E-state index in [1.807, 2.05) is 24.1 Å². The lowest BCUT2D eigenvalue weighted by atomic mass is 10.2. The SMILES string of the molecule is CN(Cc1cccnc1)c1ccc(C(=O)O)c(Cl)c1. The van der Waals surface area contributed by atoms with Gasteiger partial charge in [0.15, 0.2) is 0 Å². The van der Waals surface area contributed by atoms with Gasteiger partial charge >= 0.3 is 5.97 Å². The lowest BCUT2D eigenvalue weighted by molar-refractivity contribution is 0.0697. The minimum Gasteiger partial charge on any atom is -0.478 e. The minimum absolute atomic E-state index is 0.111. The second-order valence-corrected chi connectivity index (χ2v) is 4.59. The van der Waals surface area contributed by atoms with E-state index in [1.54, 1.807) is 24.5 Å². The summed E-state index contributed by atoms with van der Waals surface area (Å²) in [6.07, 6.45) is 3.52. The zero-order chi connectivity index (χ0) is 13.8. The number of rotatable bonds is 4. The first-order valence-electron chi connectivity index (χ1n) is 5.71. The molecule has 2 rings (SSSR count). The Bertz CT molecular complexity index is 587. The minimum atomic E-state index is -1.02. The number of carboxylic acids is 1. The molecule has 4 nitrogen and oxygen atoms in total. The summed E-state index contributed by atoms with van der Waals surface area (Å²) in [6.45, 7) is 0.677. The molecule has 0 aliphatic carbocycles. The van der Waals surface area contributed by atoms with Crippen LogP contribution >= 0.6 is 11.6 Å². The molecule has 0 amide bonds. The smallest absolute Gasteiger partial charge is 0.337 e. The molecule has 2 aromatic rings. The normalized spacial score (nSPS) is 10.2. The molecule has 19 heavy (non-hydrogen) atoms. The predicted octanol–water partition coefficient (Wildman–Crippen LogP) is 3.07. The number of halogens is 1. The van der Waals surface area contributed by atoms with Gasteiger partial charge in [-0.3, -0.25) is 4.98 Å². The highest BCUT2D eigenvalue weighted by atomic mass is 35.5. The van der Waals surface area contributed by atoms with Gasteiger partial charge in [0.2, 0.25) is 0 Å². The molecule has 0 bridgehead atoms. The number of pyridine rings is 1. The molecular weight excluding hydrogens is 264 g/mol. The number of aromatic nitrogens is 1. The van der Waals surface area contributed by atoms with E-state index in [0.717, 1.165) is 11.3 Å². The van der Waals surface area contributed by atoms with E-state index >= 15 is 0 Å². The molecule has 0 unspecified atom stereocenters. The van der Waals surface area contributed by atoms with Gasteiger partial charge in [-0.2, -0.15) is 0 Å². The first-order valence-corrected chi connectivity index (χ1v) is 6.08. The molecule has 1 aromatic carbocycles. The zero-order valence-electron chi connectivity index (χ0n) is 10.4. The van der Waals surface area contributed by atoms with Crippen molar-refractivity contribution in [3.8, 4) is 0 Å². The van der Waals surface area contributed by atoms with Crippen LogP contribution in [0.1, 0.15) is 15.9 Å². The molecular formula is C14H13ClN2O2. The summed E-state index contributed by atoms with van der Waals surface area (Å²) in [6, 6.07) is 8.77. The van der Waals surface area contributed by atoms with Gasteiger partial charge in [-0.25, -0.2) is 4.79 Å². The Balaban J connectivity index is 2.18. The van der Waals surface area contributed by atoms with Crippen LogP contribution in [0.4, 0.5) is 5.69 Å². The molecule has 5 heteroatoms. The molecule has 0 fully saturated rings. The van der Waals surface area contributed by atoms with Gasteiger partial charge in [-0.1, -0.05) is 17.7 Å². The van der Waals surface area contributed by atoms with Crippen LogP contribution in [0.15, 0.2) is 42.7 Å². The predicted molar refractivity (Wildman–Crippen MR) is 74.8 cm³/mol. The molecule has 1 N–H and O–H groups in total. The van der Waals surface area contributed by atoms with E-state index in [0.29, 0.717) is 6.54 Å². The molecule has 0 saturated heterocycles. The summed E-state index contributed by atoms with van der Waals surface area (Å²) in [5.41, 5.74) is 2.04. The van der Waals surface area contributed by atoms with Crippen molar-refractivity contribution in [2.24, 2.45) is 0 Å². The van der Waals surface area contributed by atoms with E-state index in [-0.39, 0.29) is 10.6 Å². The molecule has 0 aliphatic heterocycles. The average Bonchev–Trinajstić information content (AvgIpc) is 2.39. The first kappa shape index (κ1) is 13.4. The van der Waals surface area contributed by atoms with Crippen LogP contribution in [0.2, 0.25) is 5.02 Å². The van der Waals surface area contributed by atoms with Crippen molar-refractivity contribution in [1.82, 2.24) is 4.98 Å². The highest BCUT2D eigenvalue weighted by Crippen LogP contribution is 2.24. The molecule has 1 heterocycles. The van der Waals surface area contributed by atoms with Gasteiger partial charge in [-0.05, 0) is 29.8 Å². The molecule has 1 aromatic heterocycles. The van der Waals surface area contributed by atoms with Crippen molar-refractivity contribution >= 4 is 23.3 Å². The molecule has 0 aliphatic rings. The van der Waals surface area contributed by atoms with Crippen molar-refractivity contribution in [3.05, 3.63) is 58.9 Å². The van der Waals surface area contributed by atoms with Gasteiger partial charge in [-0.15, -0.1) is 0 Å². The maximum Gasteiger partial charge on any atom is 0.337 e. The number of aromatic carboxylic acids is 1. The van der Waals surface area contributed by atoms with Crippen LogP contribution in [0.5, 0.6) is 0 Å². The van der Waals surface area contributed by atoms with Gasteiger partial charge in [0.05, 0.1) is 10.6 Å². The van der Waals surface area contributed by atoms with Crippen LogP contribution < -0.4 is 4.90 Å². The summed E-state index contributed by atoms with van der Waals surface area (Å²) < 4.78 is 0. The number of carbonyl (C=O) groups is 1. The average molecular weight is 277 g/mol. The molecule has 0 atom stereocenters. The second-order valence-electron chi connectivity index (χ2n) is 4.19. The fourth-order valence-electron chi connectivity index (χ4n) is 1.77. The Kier molecular flexibility index (Phi) is 4.02. The van der Waals surface area contributed by atoms with Crippen LogP contribution in [0.25, 0.3) is 0 Å². The largest absolute Gasteiger partial charge is 0.478 e. The highest BCUT2D eigenvalue weighted by molar-refractivity contribution is 6.33. The van der Waals surface area contributed by atoms with E-state index in [1.165, 1.54) is 6.07 Å². The van der Waals surface area contributed by atoms with Crippen molar-refractivity contribution in [3.63, 3.8) is 0 Å². The maximum absolute atomic E-state index is 10.9. The summed E-state index contributed by atoms with van der Waals surface area (Å²) in [5, 5.41) is 9.16. The van der Waals surface area contributed by atoms with Crippen LogP contribution in [0.3, 0.4) is 0 Å². The van der Waals surface area contributed by atoms with Crippen LogP contribution in [0, 0.1) is 0 Å². The van der Waals surface area contributed by atoms with Crippen LogP contribution in [-0.4, -0.2) is 23.1 Å². The van der Waals surface area contributed by atoms with Crippen molar-refractivity contribution < 1.29 is 9.90 Å². The Hall–Kier alpha value is -2.07. The number of carboxylic acid groups (broad SMARTS) is 1. The standard InChI is InChI=1S/C14H13ClN2O2/c1-17(9-10-3-2-6-16-8-10)11-4-5-12(14(18)19)13(15)7-11/h2-8H,9H2,1H3,(H,18,19). The third-order valence-corrected chi connectivity index (χ3v) is 3.08. The molecule has 0 saturated carbocycles. The fourth-order valence-corrected chi connectivity index (χ4v) is 2.03.